The van der Waals surface area contributed by atoms with E-state index in [-0.39, 0.29) is 12.2 Å². The second-order valence-electron chi connectivity index (χ2n) is 3.61. The van der Waals surface area contributed by atoms with Gasteiger partial charge in [0.25, 0.3) is 0 Å². The molecule has 1 aromatic carbocycles. The molecule has 9 heteroatoms. The fourth-order valence-corrected chi connectivity index (χ4v) is 2.16. The third-order valence-electron chi connectivity index (χ3n) is 2.35. The molecule has 1 heterocycles. The van der Waals surface area contributed by atoms with Gasteiger partial charge in [-0.25, -0.2) is 4.68 Å². The minimum absolute atomic E-state index is 0.0330. The molecule has 0 aliphatic carbocycles. The highest BCUT2D eigenvalue weighted by Gasteiger charge is 2.37. The summed E-state index contributed by atoms with van der Waals surface area (Å²) in [7, 11) is 0. The summed E-state index contributed by atoms with van der Waals surface area (Å²) in [5, 5.41) is 6.34. The molecule has 4 nitrogen and oxygen atoms in total. The number of nitrogens with two attached hydrogens (primary N) is 1. The van der Waals surface area contributed by atoms with E-state index in [0.717, 1.165) is 10.7 Å². The number of aromatic nitrogens is 3. The third-order valence-corrected chi connectivity index (χ3v) is 3.05. The fourth-order valence-electron chi connectivity index (χ4n) is 1.49. The Morgan fingerprint density at radius 2 is 1.95 bits per heavy atom. The van der Waals surface area contributed by atoms with Crippen LogP contribution >= 0.6 is 23.2 Å². The molecule has 0 fully saturated rings. The Morgan fingerprint density at radius 1 is 1.26 bits per heavy atom. The molecule has 0 aliphatic rings. The molecule has 0 spiro atoms. The van der Waals surface area contributed by atoms with Gasteiger partial charge < -0.3 is 5.73 Å². The zero-order valence-corrected chi connectivity index (χ0v) is 10.8. The Hall–Kier alpha value is -1.31. The average Bonchev–Trinajstić information content (AvgIpc) is 2.75. The van der Waals surface area contributed by atoms with Crippen molar-refractivity contribution in [3.05, 3.63) is 39.6 Å². The molecule has 0 unspecified atom stereocenters. The lowest BCUT2D eigenvalue weighted by atomic mass is 10.2. The van der Waals surface area contributed by atoms with Crippen LogP contribution in [0.15, 0.2) is 18.3 Å². The van der Waals surface area contributed by atoms with Crippen LogP contribution < -0.4 is 5.73 Å². The molecule has 0 saturated carbocycles. The van der Waals surface area contributed by atoms with E-state index < -0.39 is 21.8 Å². The summed E-state index contributed by atoms with van der Waals surface area (Å²) >= 11 is 11.3. The second kappa shape index (κ2) is 4.99. The van der Waals surface area contributed by atoms with Crippen molar-refractivity contribution in [3.8, 4) is 5.69 Å². The van der Waals surface area contributed by atoms with E-state index >= 15 is 0 Å². The number of hydrogen-bond donors (Lipinski definition) is 1. The van der Waals surface area contributed by atoms with Crippen LogP contribution in [0.4, 0.5) is 13.2 Å². The molecule has 2 N–H and O–H groups in total. The first-order valence-corrected chi connectivity index (χ1v) is 5.77. The van der Waals surface area contributed by atoms with E-state index in [4.69, 9.17) is 28.9 Å². The number of alkyl halides is 3. The van der Waals surface area contributed by atoms with Crippen LogP contribution in [0.2, 0.25) is 10.0 Å². The summed E-state index contributed by atoms with van der Waals surface area (Å²) in [6.07, 6.45) is -3.25. The van der Waals surface area contributed by atoms with E-state index in [1.54, 1.807) is 0 Å². The maximum Gasteiger partial charge on any atom is 0.419 e. The summed E-state index contributed by atoms with van der Waals surface area (Å²) in [5.74, 6) is 0. The minimum Gasteiger partial charge on any atom is -0.325 e. The summed E-state index contributed by atoms with van der Waals surface area (Å²) in [4.78, 5) is 0. The lowest BCUT2D eigenvalue weighted by molar-refractivity contribution is -0.137. The van der Waals surface area contributed by atoms with Crippen LogP contribution in [0.3, 0.4) is 0 Å². The molecule has 0 aliphatic heterocycles. The SMILES string of the molecule is NCc1cn(-c2ccc(Cl)c(C(F)(F)F)c2Cl)nn1. The second-order valence-corrected chi connectivity index (χ2v) is 4.40. The molecule has 0 radical (unpaired) electrons. The molecule has 19 heavy (non-hydrogen) atoms. The molecule has 2 rings (SSSR count). The fraction of sp³-hybridized carbons (Fsp3) is 0.200. The zero-order chi connectivity index (χ0) is 14.2. The molecule has 0 bridgehead atoms. The van der Waals surface area contributed by atoms with Gasteiger partial charge in [-0.15, -0.1) is 5.10 Å². The lowest BCUT2D eigenvalue weighted by Gasteiger charge is -2.13. The lowest BCUT2D eigenvalue weighted by Crippen LogP contribution is -2.09. The number of halogens is 5. The molecule has 1 aromatic heterocycles. The molecule has 0 atom stereocenters. The largest absolute Gasteiger partial charge is 0.419 e. The van der Waals surface area contributed by atoms with Crippen molar-refractivity contribution in [3.63, 3.8) is 0 Å². The van der Waals surface area contributed by atoms with Crippen LogP contribution in [0, 0.1) is 0 Å². The van der Waals surface area contributed by atoms with Crippen LogP contribution in [-0.2, 0) is 12.7 Å². The molecular weight excluding hydrogens is 304 g/mol. The number of rotatable bonds is 2. The highest BCUT2D eigenvalue weighted by Crippen LogP contribution is 2.41. The molecule has 0 amide bonds. The first-order valence-electron chi connectivity index (χ1n) is 5.01. The van der Waals surface area contributed by atoms with Crippen molar-refractivity contribution in [2.45, 2.75) is 12.7 Å². The number of benzene rings is 1. The summed E-state index contributed by atoms with van der Waals surface area (Å²) in [5.41, 5.74) is 4.72. The van der Waals surface area contributed by atoms with Crippen LogP contribution in [0.1, 0.15) is 11.3 Å². The molecular formula is C10H7Cl2F3N4. The highest BCUT2D eigenvalue weighted by molar-refractivity contribution is 6.37. The normalized spacial score (nSPS) is 11.9. The smallest absolute Gasteiger partial charge is 0.325 e. The Balaban J connectivity index is 2.60. The molecule has 102 valence electrons. The van der Waals surface area contributed by atoms with Gasteiger partial charge in [-0.05, 0) is 12.1 Å². The maximum absolute atomic E-state index is 12.8. The van der Waals surface area contributed by atoms with E-state index in [1.165, 1.54) is 12.3 Å². The van der Waals surface area contributed by atoms with Crippen molar-refractivity contribution in [2.24, 2.45) is 5.73 Å². The van der Waals surface area contributed by atoms with Gasteiger partial charge in [0.1, 0.15) is 0 Å². The Morgan fingerprint density at radius 3 is 2.47 bits per heavy atom. The van der Waals surface area contributed by atoms with Crippen molar-refractivity contribution in [2.75, 3.05) is 0 Å². The first-order chi connectivity index (χ1) is 8.84. The standard InChI is InChI=1S/C10H7Cl2F3N4/c11-6-1-2-7(9(12)8(6)10(13,14)15)19-4-5(3-16)17-18-19/h1-2,4H,3,16H2. The van der Waals surface area contributed by atoms with Gasteiger partial charge in [0.05, 0.1) is 33.2 Å². The quantitative estimate of drug-likeness (QED) is 0.927. The van der Waals surface area contributed by atoms with Gasteiger partial charge in [-0.3, -0.25) is 0 Å². The zero-order valence-electron chi connectivity index (χ0n) is 9.25. The van der Waals surface area contributed by atoms with Crippen LogP contribution in [-0.4, -0.2) is 15.0 Å². The number of nitrogens with zero attached hydrogens (tertiary/aromatic N) is 3. The van der Waals surface area contributed by atoms with Crippen molar-refractivity contribution < 1.29 is 13.2 Å². The summed E-state index contributed by atoms with van der Waals surface area (Å²) < 4.78 is 39.6. The van der Waals surface area contributed by atoms with Crippen molar-refractivity contribution in [1.82, 2.24) is 15.0 Å². The predicted molar refractivity (Wildman–Crippen MR) is 64.3 cm³/mol. The van der Waals surface area contributed by atoms with E-state index in [2.05, 4.69) is 10.3 Å². The van der Waals surface area contributed by atoms with Crippen LogP contribution in [0.5, 0.6) is 0 Å². The minimum atomic E-state index is -4.65. The van der Waals surface area contributed by atoms with Gasteiger partial charge in [0.15, 0.2) is 0 Å². The van der Waals surface area contributed by atoms with Gasteiger partial charge in [0.2, 0.25) is 0 Å². The third kappa shape index (κ3) is 2.68. The highest BCUT2D eigenvalue weighted by atomic mass is 35.5. The Labute approximate surface area is 115 Å². The molecule has 0 saturated heterocycles. The van der Waals surface area contributed by atoms with Crippen molar-refractivity contribution >= 4 is 23.2 Å². The summed E-state index contributed by atoms with van der Waals surface area (Å²) in [6, 6.07) is 2.43. The van der Waals surface area contributed by atoms with E-state index in [0.29, 0.717) is 5.69 Å². The number of hydrogen-bond acceptors (Lipinski definition) is 3. The topological polar surface area (TPSA) is 56.7 Å². The molecule has 2 aromatic rings. The maximum atomic E-state index is 12.8. The Bertz CT molecular complexity index is 609. The Kier molecular flexibility index (Phi) is 3.71. The van der Waals surface area contributed by atoms with E-state index in [9.17, 15) is 13.2 Å². The van der Waals surface area contributed by atoms with E-state index in [1.807, 2.05) is 0 Å². The average molecular weight is 311 g/mol. The van der Waals surface area contributed by atoms with Gasteiger partial charge in [0, 0.05) is 6.54 Å². The first kappa shape index (κ1) is 14.1. The monoisotopic (exact) mass is 310 g/mol. The van der Waals surface area contributed by atoms with Gasteiger partial charge in [-0.1, -0.05) is 28.4 Å². The van der Waals surface area contributed by atoms with Gasteiger partial charge in [-0.2, -0.15) is 13.2 Å². The van der Waals surface area contributed by atoms with Crippen LogP contribution in [0.25, 0.3) is 5.69 Å². The van der Waals surface area contributed by atoms with Crippen molar-refractivity contribution in [1.29, 1.82) is 0 Å². The summed E-state index contributed by atoms with van der Waals surface area (Å²) in [6.45, 7) is 0.122. The van der Waals surface area contributed by atoms with Gasteiger partial charge >= 0.3 is 6.18 Å². The predicted octanol–water partition coefficient (Wildman–Crippen LogP) is 3.05.